The number of hydrogen-bond acceptors (Lipinski definition) is 3. The lowest BCUT2D eigenvalue weighted by Gasteiger charge is -2.34. The molecule has 160 valence electrons. The number of aliphatic hydroxyl groups is 1. The van der Waals surface area contributed by atoms with E-state index in [0.717, 1.165) is 30.4 Å². The van der Waals surface area contributed by atoms with Crippen LogP contribution in [0.5, 0.6) is 0 Å². The number of carbonyl (C=O) groups is 2. The predicted octanol–water partition coefficient (Wildman–Crippen LogP) is 2.85. The highest BCUT2D eigenvalue weighted by molar-refractivity contribution is 5.94. The Bertz CT molecular complexity index is 815. The van der Waals surface area contributed by atoms with Gasteiger partial charge in [0, 0.05) is 37.8 Å². The van der Waals surface area contributed by atoms with Gasteiger partial charge >= 0.3 is 6.03 Å². The molecule has 1 aliphatic rings. The molecule has 2 aromatic rings. The van der Waals surface area contributed by atoms with E-state index < -0.39 is 0 Å². The minimum atomic E-state index is -0.150. The number of hydrogen-bond donors (Lipinski definition) is 2. The second-order valence-corrected chi connectivity index (χ2v) is 7.83. The third-order valence-corrected chi connectivity index (χ3v) is 5.58. The summed E-state index contributed by atoms with van der Waals surface area (Å²) in [5, 5.41) is 12.4. The number of carbonyl (C=O) groups excluding carboxylic acids is 2. The average Bonchev–Trinajstić information content (AvgIpc) is 2.78. The van der Waals surface area contributed by atoms with Crippen LogP contribution in [0, 0.1) is 6.92 Å². The first kappa shape index (κ1) is 21.8. The fourth-order valence-corrected chi connectivity index (χ4v) is 3.72. The number of piperidine rings is 1. The lowest BCUT2D eigenvalue weighted by Crippen LogP contribution is -2.51. The third kappa shape index (κ3) is 6.07. The van der Waals surface area contributed by atoms with Gasteiger partial charge in [0.1, 0.15) is 0 Å². The van der Waals surface area contributed by atoms with Crippen molar-refractivity contribution in [3.05, 3.63) is 71.3 Å². The van der Waals surface area contributed by atoms with Crippen LogP contribution in [-0.2, 0) is 6.42 Å². The Kier molecular flexibility index (Phi) is 7.85. The van der Waals surface area contributed by atoms with Crippen LogP contribution in [0.4, 0.5) is 4.79 Å². The number of rotatable bonds is 7. The Morgan fingerprint density at radius 2 is 1.70 bits per heavy atom. The fraction of sp³-hybridized carbons (Fsp3) is 0.417. The summed E-state index contributed by atoms with van der Waals surface area (Å²) >= 11 is 0. The van der Waals surface area contributed by atoms with Gasteiger partial charge in [-0.25, -0.2) is 4.79 Å². The highest BCUT2D eigenvalue weighted by Crippen LogP contribution is 2.15. The monoisotopic (exact) mass is 409 g/mol. The molecule has 2 aromatic carbocycles. The molecule has 0 radical (unpaired) electrons. The lowest BCUT2D eigenvalue weighted by atomic mass is 10.0. The topological polar surface area (TPSA) is 72.9 Å². The van der Waals surface area contributed by atoms with Crippen LogP contribution in [0.25, 0.3) is 0 Å². The number of benzene rings is 2. The second kappa shape index (κ2) is 10.8. The molecule has 0 saturated carbocycles. The van der Waals surface area contributed by atoms with E-state index in [1.807, 2.05) is 66.4 Å². The summed E-state index contributed by atoms with van der Waals surface area (Å²) in [6.07, 6.45) is 2.21. The SMILES string of the molecule is Cc1ccc(C(=O)N2CCC(NC(=O)N(CCO)CCc3ccccc3)CC2)cc1. The van der Waals surface area contributed by atoms with Crippen molar-refractivity contribution >= 4 is 11.9 Å². The summed E-state index contributed by atoms with van der Waals surface area (Å²) in [4.78, 5) is 28.9. The second-order valence-electron chi connectivity index (χ2n) is 7.83. The molecule has 0 aromatic heterocycles. The van der Waals surface area contributed by atoms with E-state index >= 15 is 0 Å². The number of aryl methyl sites for hydroxylation is 1. The normalized spacial score (nSPS) is 14.4. The molecular weight excluding hydrogens is 378 g/mol. The molecule has 6 nitrogen and oxygen atoms in total. The van der Waals surface area contributed by atoms with Crippen LogP contribution in [0.3, 0.4) is 0 Å². The third-order valence-electron chi connectivity index (χ3n) is 5.58. The van der Waals surface area contributed by atoms with Gasteiger partial charge in [-0.15, -0.1) is 0 Å². The molecule has 0 atom stereocenters. The molecule has 3 amide bonds. The minimum Gasteiger partial charge on any atom is -0.395 e. The largest absolute Gasteiger partial charge is 0.395 e. The number of likely N-dealkylation sites (tertiary alicyclic amines) is 1. The molecule has 2 N–H and O–H groups in total. The van der Waals surface area contributed by atoms with Gasteiger partial charge in [-0.1, -0.05) is 48.0 Å². The van der Waals surface area contributed by atoms with Crippen LogP contribution in [-0.4, -0.2) is 65.7 Å². The van der Waals surface area contributed by atoms with Gasteiger partial charge in [-0.2, -0.15) is 0 Å². The quantitative estimate of drug-likeness (QED) is 0.739. The van der Waals surface area contributed by atoms with E-state index in [1.54, 1.807) is 4.90 Å². The van der Waals surface area contributed by atoms with Crippen molar-refractivity contribution in [1.29, 1.82) is 0 Å². The van der Waals surface area contributed by atoms with Gasteiger partial charge in [-0.05, 0) is 43.9 Å². The Hall–Kier alpha value is -2.86. The summed E-state index contributed by atoms with van der Waals surface area (Å²) in [5.74, 6) is 0.0459. The van der Waals surface area contributed by atoms with E-state index in [-0.39, 0.29) is 24.6 Å². The van der Waals surface area contributed by atoms with Crippen molar-refractivity contribution in [2.24, 2.45) is 0 Å². The zero-order valence-corrected chi connectivity index (χ0v) is 17.6. The highest BCUT2D eigenvalue weighted by Gasteiger charge is 2.25. The van der Waals surface area contributed by atoms with E-state index in [1.165, 1.54) is 0 Å². The van der Waals surface area contributed by atoms with E-state index in [9.17, 15) is 14.7 Å². The van der Waals surface area contributed by atoms with Gasteiger partial charge in [0.15, 0.2) is 0 Å². The van der Waals surface area contributed by atoms with Crippen molar-refractivity contribution in [3.63, 3.8) is 0 Å². The maximum atomic E-state index is 12.7. The summed E-state index contributed by atoms with van der Waals surface area (Å²) in [6.45, 7) is 4.06. The van der Waals surface area contributed by atoms with Gasteiger partial charge in [0.25, 0.3) is 5.91 Å². The molecular formula is C24H31N3O3. The molecule has 0 spiro atoms. The van der Waals surface area contributed by atoms with Crippen LogP contribution in [0.2, 0.25) is 0 Å². The Morgan fingerprint density at radius 3 is 2.33 bits per heavy atom. The molecule has 30 heavy (non-hydrogen) atoms. The first-order valence-electron chi connectivity index (χ1n) is 10.6. The van der Waals surface area contributed by atoms with E-state index in [2.05, 4.69) is 5.32 Å². The maximum Gasteiger partial charge on any atom is 0.317 e. The van der Waals surface area contributed by atoms with Crippen molar-refractivity contribution in [2.45, 2.75) is 32.2 Å². The maximum absolute atomic E-state index is 12.7. The molecule has 6 heteroatoms. The summed E-state index contributed by atoms with van der Waals surface area (Å²) in [5.41, 5.74) is 3.00. The molecule has 3 rings (SSSR count). The molecule has 1 fully saturated rings. The fourth-order valence-electron chi connectivity index (χ4n) is 3.72. The van der Waals surface area contributed by atoms with Crippen LogP contribution in [0.1, 0.15) is 34.3 Å². The summed E-state index contributed by atoms with van der Waals surface area (Å²) < 4.78 is 0. The van der Waals surface area contributed by atoms with Gasteiger partial charge in [0.05, 0.1) is 6.61 Å². The van der Waals surface area contributed by atoms with Crippen molar-refractivity contribution in [3.8, 4) is 0 Å². The van der Waals surface area contributed by atoms with E-state index in [0.29, 0.717) is 31.7 Å². The Balaban J connectivity index is 1.48. The molecule has 1 saturated heterocycles. The van der Waals surface area contributed by atoms with Crippen LogP contribution in [0.15, 0.2) is 54.6 Å². The first-order chi connectivity index (χ1) is 14.6. The highest BCUT2D eigenvalue weighted by atomic mass is 16.3. The summed E-state index contributed by atoms with van der Waals surface area (Å²) in [6, 6.07) is 17.5. The van der Waals surface area contributed by atoms with Crippen molar-refractivity contribution in [1.82, 2.24) is 15.1 Å². The van der Waals surface area contributed by atoms with E-state index in [4.69, 9.17) is 0 Å². The molecule has 0 unspecified atom stereocenters. The number of nitrogens with zero attached hydrogens (tertiary/aromatic N) is 2. The molecule has 0 aliphatic carbocycles. The number of amides is 3. The van der Waals surface area contributed by atoms with Crippen LogP contribution < -0.4 is 5.32 Å². The summed E-state index contributed by atoms with van der Waals surface area (Å²) in [7, 11) is 0. The first-order valence-corrected chi connectivity index (χ1v) is 10.6. The minimum absolute atomic E-state index is 0.0393. The number of aliphatic hydroxyl groups excluding tert-OH is 1. The van der Waals surface area contributed by atoms with Gasteiger partial charge < -0.3 is 20.2 Å². The zero-order chi connectivity index (χ0) is 21.3. The molecule has 1 heterocycles. The van der Waals surface area contributed by atoms with Gasteiger partial charge in [0.2, 0.25) is 0 Å². The van der Waals surface area contributed by atoms with Crippen molar-refractivity contribution in [2.75, 3.05) is 32.8 Å². The smallest absolute Gasteiger partial charge is 0.317 e. The van der Waals surface area contributed by atoms with Crippen LogP contribution >= 0.6 is 0 Å². The Labute approximate surface area is 178 Å². The predicted molar refractivity (Wildman–Crippen MR) is 117 cm³/mol. The standard InChI is InChI=1S/C24H31N3O3/c1-19-7-9-21(10-8-19)23(29)26-15-12-22(13-16-26)25-24(30)27(17-18-28)14-11-20-5-3-2-4-6-20/h2-10,22,28H,11-18H2,1H3,(H,25,30). The van der Waals surface area contributed by atoms with Crippen molar-refractivity contribution < 1.29 is 14.7 Å². The number of nitrogens with one attached hydrogen (secondary N) is 1. The number of urea groups is 1. The Morgan fingerprint density at radius 1 is 1.03 bits per heavy atom. The average molecular weight is 410 g/mol. The van der Waals surface area contributed by atoms with Gasteiger partial charge in [-0.3, -0.25) is 4.79 Å². The molecule has 0 bridgehead atoms. The lowest BCUT2D eigenvalue weighted by molar-refractivity contribution is 0.0706. The molecule has 1 aliphatic heterocycles. The zero-order valence-electron chi connectivity index (χ0n) is 17.6.